The van der Waals surface area contributed by atoms with E-state index < -0.39 is 16.8 Å². The van der Waals surface area contributed by atoms with E-state index in [4.69, 9.17) is 4.74 Å². The number of benzene rings is 2. The van der Waals surface area contributed by atoms with Gasteiger partial charge in [-0.05, 0) is 43.7 Å². The molecule has 110 valence electrons. The molecule has 0 bridgehead atoms. The third-order valence-corrected chi connectivity index (χ3v) is 3.02. The van der Waals surface area contributed by atoms with Gasteiger partial charge in [-0.2, -0.15) is 0 Å². The largest absolute Gasteiger partial charge is 0.456 e. The van der Waals surface area contributed by atoms with Crippen LogP contribution in [0.1, 0.15) is 24.2 Å². The lowest BCUT2D eigenvalue weighted by molar-refractivity contribution is -0.384. The predicted molar refractivity (Wildman–Crippen MR) is 74.9 cm³/mol. The van der Waals surface area contributed by atoms with E-state index in [0.717, 1.165) is 0 Å². The highest BCUT2D eigenvalue weighted by molar-refractivity contribution is 5.47. The first-order valence-corrected chi connectivity index (χ1v) is 6.29. The van der Waals surface area contributed by atoms with Crippen LogP contribution in [-0.4, -0.2) is 10.0 Å². The van der Waals surface area contributed by atoms with Crippen LogP contribution in [0.4, 0.5) is 10.1 Å². The molecule has 0 aromatic heterocycles. The first-order valence-electron chi connectivity index (χ1n) is 6.29. The van der Waals surface area contributed by atoms with Crippen molar-refractivity contribution in [3.63, 3.8) is 0 Å². The van der Waals surface area contributed by atoms with E-state index in [2.05, 4.69) is 0 Å². The van der Waals surface area contributed by atoms with Gasteiger partial charge in [-0.1, -0.05) is 0 Å². The summed E-state index contributed by atoms with van der Waals surface area (Å²) in [5.41, 5.74) is 0.874. The molecular formula is C15H14FNO4. The average Bonchev–Trinajstić information content (AvgIpc) is 2.42. The number of hydrogen-bond donors (Lipinski definition) is 1. The third-order valence-electron chi connectivity index (χ3n) is 3.02. The SMILES string of the molecule is Cc1ccc([N+](=O)[O-])cc1Oc1ccc(F)cc1C(C)O. The van der Waals surface area contributed by atoms with Crippen LogP contribution < -0.4 is 4.74 Å². The van der Waals surface area contributed by atoms with Gasteiger partial charge in [0.25, 0.3) is 5.69 Å². The molecular weight excluding hydrogens is 277 g/mol. The first kappa shape index (κ1) is 14.9. The van der Waals surface area contributed by atoms with Gasteiger partial charge in [0.05, 0.1) is 17.1 Å². The molecule has 21 heavy (non-hydrogen) atoms. The predicted octanol–water partition coefficient (Wildman–Crippen LogP) is 3.89. The second-order valence-electron chi connectivity index (χ2n) is 4.67. The molecule has 0 amide bonds. The van der Waals surface area contributed by atoms with Crippen molar-refractivity contribution in [2.45, 2.75) is 20.0 Å². The van der Waals surface area contributed by atoms with Crippen molar-refractivity contribution >= 4 is 5.69 Å². The number of aliphatic hydroxyl groups excluding tert-OH is 1. The summed E-state index contributed by atoms with van der Waals surface area (Å²) in [4.78, 5) is 10.3. The monoisotopic (exact) mass is 291 g/mol. The maximum absolute atomic E-state index is 13.2. The quantitative estimate of drug-likeness (QED) is 0.685. The number of hydrogen-bond acceptors (Lipinski definition) is 4. The van der Waals surface area contributed by atoms with Gasteiger partial charge in [0.15, 0.2) is 0 Å². The van der Waals surface area contributed by atoms with Crippen LogP contribution in [0.3, 0.4) is 0 Å². The molecule has 5 nitrogen and oxygen atoms in total. The number of non-ortho nitro benzene ring substituents is 1. The maximum atomic E-state index is 13.2. The minimum absolute atomic E-state index is 0.101. The second-order valence-corrected chi connectivity index (χ2v) is 4.67. The minimum Gasteiger partial charge on any atom is -0.456 e. The van der Waals surface area contributed by atoms with Crippen LogP contribution in [0, 0.1) is 22.9 Å². The molecule has 0 aliphatic carbocycles. The molecule has 0 heterocycles. The second kappa shape index (κ2) is 5.88. The van der Waals surface area contributed by atoms with Gasteiger partial charge in [-0.25, -0.2) is 4.39 Å². The molecule has 6 heteroatoms. The zero-order valence-corrected chi connectivity index (χ0v) is 11.5. The van der Waals surface area contributed by atoms with Gasteiger partial charge in [0, 0.05) is 11.6 Å². The van der Waals surface area contributed by atoms with Gasteiger partial charge in [-0.15, -0.1) is 0 Å². The molecule has 1 N–H and O–H groups in total. The highest BCUT2D eigenvalue weighted by Gasteiger charge is 2.15. The van der Waals surface area contributed by atoms with Crippen molar-refractivity contribution < 1.29 is 19.2 Å². The van der Waals surface area contributed by atoms with E-state index in [1.54, 1.807) is 13.0 Å². The summed E-state index contributed by atoms with van der Waals surface area (Å²) in [6, 6.07) is 8.00. The summed E-state index contributed by atoms with van der Waals surface area (Å²) in [7, 11) is 0. The number of nitro benzene ring substituents is 1. The molecule has 1 unspecified atom stereocenters. The zero-order valence-electron chi connectivity index (χ0n) is 11.5. The lowest BCUT2D eigenvalue weighted by Gasteiger charge is -2.14. The Bertz CT molecular complexity index is 685. The fourth-order valence-corrected chi connectivity index (χ4v) is 1.87. The Hall–Kier alpha value is -2.47. The summed E-state index contributed by atoms with van der Waals surface area (Å²) in [5.74, 6) is 0.0571. The van der Waals surface area contributed by atoms with Crippen LogP contribution in [0.2, 0.25) is 0 Å². The van der Waals surface area contributed by atoms with E-state index in [0.29, 0.717) is 5.56 Å². The highest BCUT2D eigenvalue weighted by atomic mass is 19.1. The molecule has 0 saturated carbocycles. The first-order chi connectivity index (χ1) is 9.88. The number of nitro groups is 1. The van der Waals surface area contributed by atoms with Gasteiger partial charge in [-0.3, -0.25) is 10.1 Å². The summed E-state index contributed by atoms with van der Waals surface area (Å²) in [5, 5.41) is 20.5. The Morgan fingerprint density at radius 2 is 1.95 bits per heavy atom. The maximum Gasteiger partial charge on any atom is 0.273 e. The van der Waals surface area contributed by atoms with E-state index in [-0.39, 0.29) is 22.7 Å². The Balaban J connectivity index is 2.43. The number of aryl methyl sites for hydroxylation is 1. The van der Waals surface area contributed by atoms with Gasteiger partial charge < -0.3 is 9.84 Å². The molecule has 0 spiro atoms. The van der Waals surface area contributed by atoms with Gasteiger partial charge in [0.1, 0.15) is 17.3 Å². The molecule has 0 fully saturated rings. The topological polar surface area (TPSA) is 72.6 Å². The normalized spacial score (nSPS) is 12.0. The lowest BCUT2D eigenvalue weighted by atomic mass is 10.1. The summed E-state index contributed by atoms with van der Waals surface area (Å²) in [6.07, 6.45) is -0.922. The van der Waals surface area contributed by atoms with Gasteiger partial charge in [0.2, 0.25) is 0 Å². The molecule has 0 aliphatic rings. The lowest BCUT2D eigenvalue weighted by Crippen LogP contribution is -1.98. The van der Waals surface area contributed by atoms with E-state index in [9.17, 15) is 19.6 Å². The number of nitrogens with zero attached hydrogens (tertiary/aromatic N) is 1. The zero-order chi connectivity index (χ0) is 15.6. The van der Waals surface area contributed by atoms with Crippen LogP contribution in [0.15, 0.2) is 36.4 Å². The van der Waals surface area contributed by atoms with Crippen molar-refractivity contribution in [3.8, 4) is 11.5 Å². The Labute approximate surface area is 120 Å². The van der Waals surface area contributed by atoms with Crippen molar-refractivity contribution in [1.82, 2.24) is 0 Å². The molecule has 1 atom stereocenters. The summed E-state index contributed by atoms with van der Waals surface area (Å²) in [6.45, 7) is 3.23. The summed E-state index contributed by atoms with van der Waals surface area (Å²) >= 11 is 0. The Kier molecular flexibility index (Phi) is 4.18. The molecule has 2 aromatic rings. The summed E-state index contributed by atoms with van der Waals surface area (Å²) < 4.78 is 18.9. The average molecular weight is 291 g/mol. The van der Waals surface area contributed by atoms with Crippen LogP contribution in [0.25, 0.3) is 0 Å². The molecule has 2 rings (SSSR count). The molecule has 0 aliphatic heterocycles. The molecule has 0 radical (unpaired) electrons. The van der Waals surface area contributed by atoms with Crippen LogP contribution >= 0.6 is 0 Å². The fourth-order valence-electron chi connectivity index (χ4n) is 1.87. The Morgan fingerprint density at radius 1 is 1.24 bits per heavy atom. The minimum atomic E-state index is -0.922. The number of ether oxygens (including phenoxy) is 1. The molecule has 2 aromatic carbocycles. The fraction of sp³-hybridized carbons (Fsp3) is 0.200. The Morgan fingerprint density at radius 3 is 2.57 bits per heavy atom. The van der Waals surface area contributed by atoms with Gasteiger partial charge >= 0.3 is 0 Å². The van der Waals surface area contributed by atoms with Crippen LogP contribution in [0.5, 0.6) is 11.5 Å². The van der Waals surface area contributed by atoms with Crippen molar-refractivity contribution in [2.24, 2.45) is 0 Å². The molecule has 0 saturated heterocycles. The van der Waals surface area contributed by atoms with Crippen LogP contribution in [-0.2, 0) is 0 Å². The number of halogens is 1. The van der Waals surface area contributed by atoms with Crippen molar-refractivity contribution in [1.29, 1.82) is 0 Å². The van der Waals surface area contributed by atoms with E-state index in [1.165, 1.54) is 37.3 Å². The van der Waals surface area contributed by atoms with Crippen molar-refractivity contribution in [3.05, 3.63) is 63.5 Å². The smallest absolute Gasteiger partial charge is 0.273 e. The van der Waals surface area contributed by atoms with Crippen molar-refractivity contribution in [2.75, 3.05) is 0 Å². The highest BCUT2D eigenvalue weighted by Crippen LogP contribution is 2.33. The number of aliphatic hydroxyl groups is 1. The number of rotatable bonds is 4. The van der Waals surface area contributed by atoms with E-state index in [1.807, 2.05) is 0 Å². The standard InChI is InChI=1S/C15H14FNO4/c1-9-3-5-12(17(19)20)8-15(9)21-14-6-4-11(16)7-13(14)10(2)18/h3-8,10,18H,1-2H3. The van der Waals surface area contributed by atoms with E-state index >= 15 is 0 Å². The third kappa shape index (κ3) is 3.35.